The molecular formula is C23H15ClF3NO7P+. The lowest BCUT2D eigenvalue weighted by molar-refractivity contribution is -0.383. The largest absolute Gasteiger partial charge is 0.560 e. The van der Waals surface area contributed by atoms with Gasteiger partial charge in [0.2, 0.25) is 0 Å². The zero-order chi connectivity index (χ0) is 26.2. The van der Waals surface area contributed by atoms with Crippen molar-refractivity contribution in [2.24, 2.45) is 0 Å². The van der Waals surface area contributed by atoms with E-state index >= 15 is 0 Å². The zero-order valence-electron chi connectivity index (χ0n) is 18.2. The monoisotopic (exact) mass is 540 g/mol. The number of nitro benzene ring substituents is 1. The molecule has 1 aliphatic heterocycles. The predicted octanol–water partition coefficient (Wildman–Crippen LogP) is 6.88. The second-order valence-electron chi connectivity index (χ2n) is 7.49. The van der Waals surface area contributed by atoms with Gasteiger partial charge in [0.15, 0.2) is 0 Å². The van der Waals surface area contributed by atoms with E-state index in [-0.39, 0.29) is 33.8 Å². The first-order valence-electron chi connectivity index (χ1n) is 10.3. The van der Waals surface area contributed by atoms with Crippen LogP contribution in [-0.2, 0) is 26.4 Å². The quantitative estimate of drug-likeness (QED) is 0.139. The van der Waals surface area contributed by atoms with Gasteiger partial charge >= 0.3 is 31.2 Å². The van der Waals surface area contributed by atoms with E-state index in [2.05, 4.69) is 0 Å². The van der Waals surface area contributed by atoms with Crippen molar-refractivity contribution in [2.75, 3.05) is 0 Å². The van der Waals surface area contributed by atoms with Crippen molar-refractivity contribution in [3.8, 4) is 11.5 Å². The molecule has 0 aromatic heterocycles. The Kier molecular flexibility index (Phi) is 6.99. The molecule has 0 bridgehead atoms. The predicted molar refractivity (Wildman–Crippen MR) is 122 cm³/mol. The third kappa shape index (κ3) is 5.04. The number of nitrogens with zero attached hydrogens (tertiary/aromatic N) is 1. The summed E-state index contributed by atoms with van der Waals surface area (Å²) in [7, 11) is -2.95. The van der Waals surface area contributed by atoms with Crippen LogP contribution in [0.1, 0.15) is 40.3 Å². The summed E-state index contributed by atoms with van der Waals surface area (Å²) in [6, 6.07) is 10.9. The second kappa shape index (κ2) is 9.85. The van der Waals surface area contributed by atoms with E-state index in [1.54, 1.807) is 19.1 Å². The Morgan fingerprint density at radius 2 is 1.86 bits per heavy atom. The van der Waals surface area contributed by atoms with Crippen LogP contribution in [0, 0.1) is 10.1 Å². The van der Waals surface area contributed by atoms with Gasteiger partial charge in [-0.15, -0.1) is 0 Å². The van der Waals surface area contributed by atoms with Crippen LogP contribution < -0.4 is 10.0 Å². The molecule has 0 amide bonds. The molecule has 8 nitrogen and oxygen atoms in total. The number of carbonyl (C=O) groups is 1. The first-order valence-corrected chi connectivity index (χ1v) is 11.8. The van der Waals surface area contributed by atoms with Crippen LogP contribution in [0.5, 0.6) is 11.5 Å². The number of ether oxygens (including phenoxy) is 2. The van der Waals surface area contributed by atoms with Crippen molar-refractivity contribution in [1.29, 1.82) is 0 Å². The summed E-state index contributed by atoms with van der Waals surface area (Å²) in [5.74, 6) is -0.861. The molecule has 0 radical (unpaired) electrons. The first kappa shape index (κ1) is 25.6. The maximum atomic E-state index is 13.1. The fourth-order valence-corrected chi connectivity index (χ4v) is 4.70. The molecule has 1 heterocycles. The number of benzene rings is 3. The number of alkyl halides is 3. The minimum absolute atomic E-state index is 0.0180. The number of fused-ring (bicyclic) bond motifs is 1. The fraction of sp³-hybridized carbons (Fsp3) is 0.174. The van der Waals surface area contributed by atoms with Gasteiger partial charge in [-0.25, -0.2) is 4.79 Å². The first-order chi connectivity index (χ1) is 17.0. The lowest BCUT2D eigenvalue weighted by atomic mass is 10.1. The lowest BCUT2D eigenvalue weighted by Crippen LogP contribution is -2.11. The molecule has 186 valence electrons. The van der Waals surface area contributed by atoms with Crippen molar-refractivity contribution in [3.63, 3.8) is 0 Å². The Balaban J connectivity index is 1.69. The Morgan fingerprint density at radius 3 is 2.50 bits per heavy atom. The molecule has 3 aromatic carbocycles. The minimum atomic E-state index is -4.62. The number of nitro groups is 1. The number of cyclic esters (lactones) is 1. The highest BCUT2D eigenvalue weighted by molar-refractivity contribution is 7.48. The molecule has 13 heteroatoms. The van der Waals surface area contributed by atoms with E-state index < -0.39 is 42.6 Å². The van der Waals surface area contributed by atoms with E-state index in [9.17, 15) is 32.6 Å². The summed E-state index contributed by atoms with van der Waals surface area (Å²) in [6.07, 6.45) is -5.73. The van der Waals surface area contributed by atoms with Crippen molar-refractivity contribution < 1.29 is 41.5 Å². The van der Waals surface area contributed by atoms with Gasteiger partial charge in [-0.2, -0.15) is 13.2 Å². The zero-order valence-corrected chi connectivity index (χ0v) is 19.9. The molecular weight excluding hydrogens is 526 g/mol. The van der Waals surface area contributed by atoms with Gasteiger partial charge in [0.25, 0.3) is 6.29 Å². The molecule has 0 saturated carbocycles. The van der Waals surface area contributed by atoms with E-state index in [4.69, 9.17) is 25.6 Å². The van der Waals surface area contributed by atoms with Gasteiger partial charge in [-0.05, 0) is 35.3 Å². The summed E-state index contributed by atoms with van der Waals surface area (Å²) >= 11 is 5.98. The number of esters is 1. The number of rotatable bonds is 7. The molecule has 0 N–H and O–H groups in total. The molecule has 0 fully saturated rings. The lowest BCUT2D eigenvalue weighted by Gasteiger charge is -2.13. The van der Waals surface area contributed by atoms with Crippen molar-refractivity contribution in [3.05, 3.63) is 92.0 Å². The standard InChI is InChI=1S/C23H15ClF3NO7P/c1-2-12-9-17(28(30)31)20(36(32)35-22-15-6-4-3-5-14(15)21(29)34-22)11-19(12)33-18-8-7-13(10-16(18)24)23(25,26)27/h3-11,22H,2H2,1H3/q+1. The second-order valence-corrected chi connectivity index (χ2v) is 9.11. The highest BCUT2D eigenvalue weighted by Gasteiger charge is 2.43. The summed E-state index contributed by atoms with van der Waals surface area (Å²) in [5, 5.41) is 11.0. The van der Waals surface area contributed by atoms with Gasteiger partial charge in [0.1, 0.15) is 11.5 Å². The number of halogens is 4. The number of aryl methyl sites for hydroxylation is 1. The molecule has 1 aliphatic rings. The van der Waals surface area contributed by atoms with E-state index in [0.29, 0.717) is 17.2 Å². The van der Waals surface area contributed by atoms with Crippen molar-refractivity contribution in [2.45, 2.75) is 25.8 Å². The number of carbonyl (C=O) groups excluding carboxylic acids is 1. The summed E-state index contributed by atoms with van der Waals surface area (Å²) < 4.78 is 68.1. The Hall–Kier alpha value is -3.53. The average molecular weight is 541 g/mol. The van der Waals surface area contributed by atoms with Crippen molar-refractivity contribution in [1.82, 2.24) is 0 Å². The Bertz CT molecular complexity index is 1400. The molecule has 36 heavy (non-hydrogen) atoms. The number of hydrogen-bond acceptors (Lipinski definition) is 7. The van der Waals surface area contributed by atoms with Crippen LogP contribution in [0.2, 0.25) is 5.02 Å². The molecule has 0 saturated heterocycles. The maximum absolute atomic E-state index is 13.1. The van der Waals surface area contributed by atoms with Gasteiger partial charge in [0.05, 0.1) is 21.1 Å². The topological polar surface area (TPSA) is 105 Å². The SMILES string of the molecule is CCc1cc([N+](=O)[O-])c([P+](=O)OC2OC(=O)c3ccccc32)cc1Oc1ccc(C(F)(F)F)cc1Cl. The smallest absolute Gasteiger partial charge is 0.455 e. The Labute approximate surface area is 207 Å². The molecule has 4 rings (SSSR count). The highest BCUT2D eigenvalue weighted by atomic mass is 35.5. The van der Waals surface area contributed by atoms with Crippen LogP contribution in [0.4, 0.5) is 18.9 Å². The maximum Gasteiger partial charge on any atom is 0.560 e. The van der Waals surface area contributed by atoms with E-state index in [1.165, 1.54) is 12.1 Å². The molecule has 3 aromatic rings. The van der Waals surface area contributed by atoms with Gasteiger partial charge in [-0.1, -0.05) is 41.2 Å². The van der Waals surface area contributed by atoms with Gasteiger partial charge in [-0.3, -0.25) is 10.1 Å². The highest BCUT2D eigenvalue weighted by Crippen LogP contribution is 2.42. The summed E-state index contributed by atoms with van der Waals surface area (Å²) in [6.45, 7) is 1.67. The summed E-state index contributed by atoms with van der Waals surface area (Å²) in [5.41, 5.74) is -0.684. The number of hydrogen-bond donors (Lipinski definition) is 0. The van der Waals surface area contributed by atoms with Crippen LogP contribution in [0.15, 0.2) is 54.6 Å². The van der Waals surface area contributed by atoms with Crippen molar-refractivity contribution >= 4 is 36.6 Å². The van der Waals surface area contributed by atoms with Gasteiger partial charge < -0.3 is 9.47 Å². The minimum Gasteiger partial charge on any atom is -0.455 e. The van der Waals surface area contributed by atoms with Crippen LogP contribution in [-0.4, -0.2) is 10.9 Å². The molecule has 2 unspecified atom stereocenters. The van der Waals surface area contributed by atoms with Crippen LogP contribution in [0.3, 0.4) is 0 Å². The molecule has 2 atom stereocenters. The van der Waals surface area contributed by atoms with E-state index in [0.717, 1.165) is 24.3 Å². The van der Waals surface area contributed by atoms with E-state index in [1.807, 2.05) is 0 Å². The van der Waals surface area contributed by atoms with Crippen LogP contribution in [0.25, 0.3) is 0 Å². The van der Waals surface area contributed by atoms with Crippen LogP contribution >= 0.6 is 19.6 Å². The third-order valence-electron chi connectivity index (χ3n) is 5.25. The molecule has 0 aliphatic carbocycles. The fourth-order valence-electron chi connectivity index (χ4n) is 3.48. The normalized spacial score (nSPS) is 15.3. The average Bonchev–Trinajstić information content (AvgIpc) is 3.14. The molecule has 0 spiro atoms. The Morgan fingerprint density at radius 1 is 1.14 bits per heavy atom. The third-order valence-corrected chi connectivity index (χ3v) is 6.68. The summed E-state index contributed by atoms with van der Waals surface area (Å²) in [4.78, 5) is 23.0. The van der Waals surface area contributed by atoms with Gasteiger partial charge in [0, 0.05) is 23.3 Å².